The monoisotopic (exact) mass is 326 g/mol. The molecule has 2 rings (SSSR count). The average molecular weight is 326 g/mol. The van der Waals surface area contributed by atoms with Crippen molar-refractivity contribution in [2.75, 3.05) is 6.54 Å². The van der Waals surface area contributed by atoms with Crippen molar-refractivity contribution in [3.05, 3.63) is 78.4 Å². The van der Waals surface area contributed by atoms with Gasteiger partial charge in [-0.3, -0.25) is 0 Å². The lowest BCUT2D eigenvalue weighted by Gasteiger charge is -2.05. The fourth-order valence-electron chi connectivity index (χ4n) is 1.80. The lowest BCUT2D eigenvalue weighted by molar-refractivity contribution is -0.500. The lowest BCUT2D eigenvalue weighted by Crippen LogP contribution is -2.82. The molecule has 0 aliphatic heterocycles. The molecular weight excluding hydrogens is 306 g/mol. The number of nitrogens with one attached hydrogen (secondary N) is 3. The fourth-order valence-corrected chi connectivity index (χ4v) is 1.94. The first-order valence-corrected chi connectivity index (χ1v) is 7.69. The number of hydrazone groups is 1. The fraction of sp³-hybridized carbons (Fsp3) is 0.111. The second-order valence-electron chi connectivity index (χ2n) is 4.76. The summed E-state index contributed by atoms with van der Waals surface area (Å²) in [6, 6.07) is 17.9. The minimum atomic E-state index is 0.518. The molecule has 0 aromatic heterocycles. The molecule has 0 fully saturated rings. The molecule has 23 heavy (non-hydrogen) atoms. The molecule has 4 nitrogen and oxygen atoms in total. The highest BCUT2D eigenvalue weighted by atomic mass is 32.1. The van der Waals surface area contributed by atoms with Crippen molar-refractivity contribution in [3.8, 4) is 5.75 Å². The minimum Gasteiger partial charge on any atom is -0.489 e. The molecule has 0 saturated heterocycles. The normalized spacial score (nSPS) is 10.3. The standard InChI is InChI=1S/C18H19N3OS/c1-2-12-19-18(23)21-20-13-15-8-10-17(11-9-15)22-14-16-6-4-3-5-7-16/h2-11,13H,1,12,14H2,(H2,19,21,23)/p+1. The van der Waals surface area contributed by atoms with Gasteiger partial charge in [-0.2, -0.15) is 0 Å². The van der Waals surface area contributed by atoms with Crippen LogP contribution in [0.25, 0.3) is 0 Å². The molecule has 118 valence electrons. The van der Waals surface area contributed by atoms with Gasteiger partial charge < -0.3 is 10.1 Å². The van der Waals surface area contributed by atoms with Crippen LogP contribution in [-0.2, 0) is 6.61 Å². The predicted molar refractivity (Wildman–Crippen MR) is 97.3 cm³/mol. The van der Waals surface area contributed by atoms with Gasteiger partial charge in [-0.15, -0.1) is 17.1 Å². The van der Waals surface area contributed by atoms with E-state index in [9.17, 15) is 0 Å². The van der Waals surface area contributed by atoms with Crippen molar-refractivity contribution >= 4 is 23.5 Å². The topological polar surface area (TPSA) is 47.3 Å². The van der Waals surface area contributed by atoms with E-state index in [1.807, 2.05) is 60.8 Å². The molecule has 0 saturated carbocycles. The Morgan fingerprint density at radius 1 is 1.13 bits per heavy atom. The van der Waals surface area contributed by atoms with Crippen LogP contribution in [0.2, 0.25) is 0 Å². The molecule has 5 heteroatoms. The van der Waals surface area contributed by atoms with E-state index >= 15 is 0 Å². The molecule has 3 N–H and O–H groups in total. The summed E-state index contributed by atoms with van der Waals surface area (Å²) in [7, 11) is 0. The smallest absolute Gasteiger partial charge is 0.224 e. The zero-order valence-electron chi connectivity index (χ0n) is 12.8. The van der Waals surface area contributed by atoms with Gasteiger partial charge in [0.05, 0.1) is 0 Å². The number of hydrogen-bond acceptors (Lipinski definition) is 2. The Bertz CT molecular complexity index is 654. The van der Waals surface area contributed by atoms with Gasteiger partial charge in [-0.1, -0.05) is 36.4 Å². The van der Waals surface area contributed by atoms with Crippen LogP contribution in [0.3, 0.4) is 0 Å². The third kappa shape index (κ3) is 6.32. The van der Waals surface area contributed by atoms with E-state index < -0.39 is 0 Å². The van der Waals surface area contributed by atoms with Gasteiger partial charge in [0, 0.05) is 12.1 Å². The summed E-state index contributed by atoms with van der Waals surface area (Å²) in [5.41, 5.74) is 5.02. The highest BCUT2D eigenvalue weighted by Gasteiger charge is 1.98. The van der Waals surface area contributed by atoms with E-state index in [-0.39, 0.29) is 0 Å². The van der Waals surface area contributed by atoms with Crippen molar-refractivity contribution in [1.82, 2.24) is 10.7 Å². The largest absolute Gasteiger partial charge is 0.489 e. The van der Waals surface area contributed by atoms with E-state index in [4.69, 9.17) is 17.0 Å². The first-order valence-electron chi connectivity index (χ1n) is 7.28. The molecule has 0 unspecified atom stereocenters. The summed E-state index contributed by atoms with van der Waals surface area (Å²) in [6.45, 7) is 4.80. The first kappa shape index (κ1) is 16.7. The van der Waals surface area contributed by atoms with Crippen LogP contribution in [0.5, 0.6) is 5.75 Å². The Morgan fingerprint density at radius 2 is 1.87 bits per heavy atom. The van der Waals surface area contributed by atoms with Gasteiger partial charge in [0.1, 0.15) is 12.4 Å². The molecular formula is C18H20N3OS+. The second kappa shape index (κ2) is 9.38. The summed E-state index contributed by atoms with van der Waals surface area (Å²) >= 11 is 5.06. The zero-order chi connectivity index (χ0) is 16.3. The molecule has 2 aromatic rings. The van der Waals surface area contributed by atoms with Crippen LogP contribution in [0, 0.1) is 0 Å². The summed E-state index contributed by atoms with van der Waals surface area (Å²) in [4.78, 5) is 0. The predicted octanol–water partition coefficient (Wildman–Crippen LogP) is 1.33. The lowest BCUT2D eigenvalue weighted by atomic mass is 10.2. The zero-order valence-corrected chi connectivity index (χ0v) is 13.6. The van der Waals surface area contributed by atoms with Crippen molar-refractivity contribution < 1.29 is 9.84 Å². The number of hydrogen-bond donors (Lipinski definition) is 3. The van der Waals surface area contributed by atoms with E-state index in [0.717, 1.165) is 16.9 Å². The van der Waals surface area contributed by atoms with E-state index in [1.165, 1.54) is 0 Å². The van der Waals surface area contributed by atoms with Crippen LogP contribution < -0.4 is 20.6 Å². The Kier molecular flexibility index (Phi) is 6.81. The van der Waals surface area contributed by atoms with Gasteiger partial charge in [0.2, 0.25) is 5.11 Å². The maximum absolute atomic E-state index is 5.74. The van der Waals surface area contributed by atoms with E-state index in [2.05, 4.69) is 22.4 Å². The number of ether oxygens (including phenoxy) is 1. The van der Waals surface area contributed by atoms with Crippen LogP contribution in [-0.4, -0.2) is 17.9 Å². The average Bonchev–Trinajstić information content (AvgIpc) is 2.60. The summed E-state index contributed by atoms with van der Waals surface area (Å²) in [5.74, 6) is 0.835. The number of thiocarbonyl (C=S) groups is 1. The molecule has 2 aromatic carbocycles. The van der Waals surface area contributed by atoms with Crippen molar-refractivity contribution in [3.63, 3.8) is 0 Å². The van der Waals surface area contributed by atoms with Crippen LogP contribution >= 0.6 is 12.2 Å². The molecule has 0 amide bonds. The third-order valence-corrected chi connectivity index (χ3v) is 3.21. The molecule has 0 atom stereocenters. The Balaban J connectivity index is 1.80. The summed E-state index contributed by atoms with van der Waals surface area (Å²) in [5, 5.41) is 6.41. The quantitative estimate of drug-likeness (QED) is 0.311. The van der Waals surface area contributed by atoms with E-state index in [1.54, 1.807) is 6.08 Å². The Morgan fingerprint density at radius 3 is 2.57 bits per heavy atom. The maximum Gasteiger partial charge on any atom is 0.224 e. The number of benzene rings is 2. The van der Waals surface area contributed by atoms with Gasteiger partial charge >= 0.3 is 0 Å². The van der Waals surface area contributed by atoms with Crippen molar-refractivity contribution in [2.45, 2.75) is 6.61 Å². The van der Waals surface area contributed by atoms with E-state index in [0.29, 0.717) is 18.3 Å². The molecule has 0 aliphatic rings. The highest BCUT2D eigenvalue weighted by molar-refractivity contribution is 7.80. The van der Waals surface area contributed by atoms with Gasteiger partial charge in [-0.05, 0) is 42.0 Å². The van der Waals surface area contributed by atoms with Crippen molar-refractivity contribution in [1.29, 1.82) is 0 Å². The molecule has 0 aliphatic carbocycles. The van der Waals surface area contributed by atoms with Gasteiger partial charge in [0.25, 0.3) is 0 Å². The maximum atomic E-state index is 5.74. The SMILES string of the molecule is C=CCNC(=S)N[NH+]=Cc1ccc(OCc2ccccc2)cc1. The van der Waals surface area contributed by atoms with Crippen molar-refractivity contribution in [2.24, 2.45) is 0 Å². The first-order chi connectivity index (χ1) is 11.3. The number of hydrazine groups is 1. The van der Waals surface area contributed by atoms with Crippen LogP contribution in [0.4, 0.5) is 0 Å². The molecule has 0 bridgehead atoms. The van der Waals surface area contributed by atoms with Crippen LogP contribution in [0.1, 0.15) is 11.1 Å². The summed E-state index contributed by atoms with van der Waals surface area (Å²) < 4.78 is 5.74. The highest BCUT2D eigenvalue weighted by Crippen LogP contribution is 2.13. The minimum absolute atomic E-state index is 0.518. The van der Waals surface area contributed by atoms with Crippen LogP contribution in [0.15, 0.2) is 67.3 Å². The molecule has 0 heterocycles. The number of rotatable bonds is 7. The second-order valence-corrected chi connectivity index (χ2v) is 5.16. The Labute approximate surface area is 141 Å². The molecule has 0 radical (unpaired) electrons. The molecule has 0 spiro atoms. The van der Waals surface area contributed by atoms with Gasteiger partial charge in [-0.25, -0.2) is 0 Å². The Hall–Kier alpha value is -2.66. The van der Waals surface area contributed by atoms with Gasteiger partial charge in [0.15, 0.2) is 6.21 Å². The summed E-state index contributed by atoms with van der Waals surface area (Å²) in [6.07, 6.45) is 3.56. The third-order valence-electron chi connectivity index (χ3n) is 2.96.